The maximum Gasteiger partial charge on any atom is 0.147 e. The number of methoxy groups -OCH3 is 1. The standard InChI is InChI=1S/C24H23ClN4O/c1-30-22-12-19(10-11-21(22)28-14-23(25)27-16-28)29-15-26-13-18-8-5-9-20(24(18)29)17-6-3-2-4-7-17/h2-4,6-7,10-14,16,20H,5,8-9,15H2,1H3. The van der Waals surface area contributed by atoms with Crippen LogP contribution in [0.1, 0.15) is 30.7 Å². The molecule has 0 radical (unpaired) electrons. The minimum atomic E-state index is 0.375. The second-order valence-corrected chi connectivity index (χ2v) is 7.99. The van der Waals surface area contributed by atoms with E-state index in [1.165, 1.54) is 23.3 Å². The van der Waals surface area contributed by atoms with Gasteiger partial charge >= 0.3 is 0 Å². The number of imidazole rings is 1. The van der Waals surface area contributed by atoms with Gasteiger partial charge in [0.15, 0.2) is 0 Å². The van der Waals surface area contributed by atoms with Gasteiger partial charge in [-0.1, -0.05) is 41.9 Å². The smallest absolute Gasteiger partial charge is 0.147 e. The SMILES string of the molecule is COc1cc(N2CN=CC3=C2C(c2ccccc2)CCC3)ccc1-n1cnc(Cl)c1. The Bertz CT molecular complexity index is 1120. The molecule has 2 aliphatic rings. The number of aromatic nitrogens is 2. The summed E-state index contributed by atoms with van der Waals surface area (Å²) in [5, 5.41) is 0.453. The number of ether oxygens (including phenoxy) is 1. The highest BCUT2D eigenvalue weighted by molar-refractivity contribution is 6.29. The number of rotatable bonds is 4. The van der Waals surface area contributed by atoms with Gasteiger partial charge in [-0.2, -0.15) is 0 Å². The second-order valence-electron chi connectivity index (χ2n) is 7.61. The van der Waals surface area contributed by atoms with Crippen molar-refractivity contribution >= 4 is 23.5 Å². The molecule has 0 saturated heterocycles. The third-order valence-corrected chi connectivity index (χ3v) is 6.06. The molecule has 152 valence electrons. The summed E-state index contributed by atoms with van der Waals surface area (Å²) in [5.74, 6) is 1.14. The molecule has 5 rings (SSSR count). The van der Waals surface area contributed by atoms with Gasteiger partial charge in [0.2, 0.25) is 0 Å². The van der Waals surface area contributed by atoms with Crippen molar-refractivity contribution in [2.24, 2.45) is 4.99 Å². The van der Waals surface area contributed by atoms with Crippen molar-refractivity contribution in [3.63, 3.8) is 0 Å². The zero-order valence-corrected chi connectivity index (χ0v) is 17.6. The number of aliphatic imine (C=N–C) groups is 1. The van der Waals surface area contributed by atoms with Crippen LogP contribution < -0.4 is 9.64 Å². The number of allylic oxidation sites excluding steroid dienone is 2. The third-order valence-electron chi connectivity index (χ3n) is 5.87. The molecule has 1 aliphatic heterocycles. The number of benzene rings is 2. The highest BCUT2D eigenvalue weighted by atomic mass is 35.5. The van der Waals surface area contributed by atoms with Crippen LogP contribution in [0.2, 0.25) is 5.15 Å². The van der Waals surface area contributed by atoms with Crippen molar-refractivity contribution in [3.8, 4) is 11.4 Å². The summed E-state index contributed by atoms with van der Waals surface area (Å²) in [6.07, 6.45) is 8.94. The number of halogens is 1. The monoisotopic (exact) mass is 418 g/mol. The molecule has 1 aliphatic carbocycles. The topological polar surface area (TPSA) is 42.6 Å². The van der Waals surface area contributed by atoms with E-state index in [0.29, 0.717) is 17.7 Å². The lowest BCUT2D eigenvalue weighted by Gasteiger charge is -2.38. The summed E-state index contributed by atoms with van der Waals surface area (Å²) >= 11 is 6.01. The maximum absolute atomic E-state index is 6.01. The highest BCUT2D eigenvalue weighted by Crippen LogP contribution is 2.43. The van der Waals surface area contributed by atoms with Crippen LogP contribution in [-0.2, 0) is 0 Å². The molecule has 1 atom stereocenters. The summed E-state index contributed by atoms with van der Waals surface area (Å²) in [6.45, 7) is 0.613. The first-order chi connectivity index (χ1) is 14.7. The number of nitrogens with zero attached hydrogens (tertiary/aromatic N) is 4. The first-order valence-corrected chi connectivity index (χ1v) is 10.6. The van der Waals surface area contributed by atoms with E-state index in [1.54, 1.807) is 19.6 Å². The Morgan fingerprint density at radius 1 is 1.13 bits per heavy atom. The predicted octanol–water partition coefficient (Wildman–Crippen LogP) is 5.60. The number of hydrogen-bond acceptors (Lipinski definition) is 4. The predicted molar refractivity (Wildman–Crippen MR) is 121 cm³/mol. The number of anilines is 1. The van der Waals surface area contributed by atoms with Crippen LogP contribution in [0.25, 0.3) is 5.69 Å². The summed E-state index contributed by atoms with van der Waals surface area (Å²) in [6, 6.07) is 17.0. The molecule has 1 unspecified atom stereocenters. The molecule has 0 N–H and O–H groups in total. The first-order valence-electron chi connectivity index (χ1n) is 10.2. The van der Waals surface area contributed by atoms with Crippen LogP contribution in [0.3, 0.4) is 0 Å². The normalized spacial score (nSPS) is 18.5. The van der Waals surface area contributed by atoms with Gasteiger partial charge < -0.3 is 14.2 Å². The van der Waals surface area contributed by atoms with E-state index < -0.39 is 0 Å². The minimum Gasteiger partial charge on any atom is -0.494 e. The van der Waals surface area contributed by atoms with Gasteiger partial charge in [0.1, 0.15) is 23.9 Å². The minimum absolute atomic E-state index is 0.375. The zero-order valence-electron chi connectivity index (χ0n) is 16.8. The van der Waals surface area contributed by atoms with Crippen LogP contribution >= 0.6 is 11.6 Å². The molecule has 2 heterocycles. The van der Waals surface area contributed by atoms with Crippen molar-refractivity contribution in [2.75, 3.05) is 18.7 Å². The average Bonchev–Trinajstić information content (AvgIpc) is 3.24. The Labute approximate surface area is 181 Å². The Hall–Kier alpha value is -3.05. The van der Waals surface area contributed by atoms with Gasteiger partial charge in [-0.3, -0.25) is 4.99 Å². The Kier molecular flexibility index (Phi) is 5.05. The average molecular weight is 419 g/mol. The van der Waals surface area contributed by atoms with Gasteiger partial charge in [0, 0.05) is 35.8 Å². The highest BCUT2D eigenvalue weighted by Gasteiger charge is 2.30. The van der Waals surface area contributed by atoms with E-state index in [4.69, 9.17) is 16.3 Å². The van der Waals surface area contributed by atoms with Crippen LogP contribution in [0.15, 0.2) is 77.3 Å². The molecule has 2 aromatic carbocycles. The molecule has 6 heteroatoms. The van der Waals surface area contributed by atoms with Gasteiger partial charge in [-0.05, 0) is 42.5 Å². The van der Waals surface area contributed by atoms with Crippen molar-refractivity contribution < 1.29 is 4.74 Å². The summed E-state index contributed by atoms with van der Waals surface area (Å²) in [4.78, 5) is 11.1. The number of hydrogen-bond donors (Lipinski definition) is 0. The molecule has 0 saturated carbocycles. The fraction of sp³-hybridized carbons (Fsp3) is 0.250. The van der Waals surface area contributed by atoms with Gasteiger partial charge in [0.25, 0.3) is 0 Å². The van der Waals surface area contributed by atoms with E-state index in [9.17, 15) is 0 Å². The Balaban J connectivity index is 1.56. The van der Waals surface area contributed by atoms with E-state index in [0.717, 1.165) is 30.0 Å². The summed E-state index contributed by atoms with van der Waals surface area (Å²) in [7, 11) is 1.69. The van der Waals surface area contributed by atoms with Crippen LogP contribution in [0, 0.1) is 0 Å². The molecule has 0 fully saturated rings. The molecule has 1 aromatic heterocycles. The van der Waals surface area contributed by atoms with E-state index >= 15 is 0 Å². The van der Waals surface area contributed by atoms with Gasteiger partial charge in [0.05, 0.1) is 12.8 Å². The van der Waals surface area contributed by atoms with Crippen molar-refractivity contribution in [1.29, 1.82) is 0 Å². The maximum atomic E-state index is 6.01. The Morgan fingerprint density at radius 2 is 2.00 bits per heavy atom. The van der Waals surface area contributed by atoms with Crippen LogP contribution in [-0.4, -0.2) is 29.5 Å². The second kappa shape index (κ2) is 8.00. The molecule has 5 nitrogen and oxygen atoms in total. The zero-order chi connectivity index (χ0) is 20.5. The van der Waals surface area contributed by atoms with E-state index in [-0.39, 0.29) is 0 Å². The summed E-state index contributed by atoms with van der Waals surface area (Å²) in [5.41, 5.74) is 6.04. The van der Waals surface area contributed by atoms with Crippen molar-refractivity contribution in [1.82, 2.24) is 9.55 Å². The quantitative estimate of drug-likeness (QED) is 0.553. The molecule has 3 aromatic rings. The molecule has 0 bridgehead atoms. The lowest BCUT2D eigenvalue weighted by atomic mass is 9.81. The lowest BCUT2D eigenvalue weighted by Crippen LogP contribution is -2.33. The van der Waals surface area contributed by atoms with Crippen LogP contribution in [0.5, 0.6) is 5.75 Å². The van der Waals surface area contributed by atoms with E-state index in [2.05, 4.69) is 63.6 Å². The lowest BCUT2D eigenvalue weighted by molar-refractivity contribution is 0.413. The fourth-order valence-corrected chi connectivity index (χ4v) is 4.64. The molecule has 0 spiro atoms. The molecular formula is C24H23ClN4O. The molecule has 30 heavy (non-hydrogen) atoms. The Morgan fingerprint density at radius 3 is 2.77 bits per heavy atom. The van der Waals surface area contributed by atoms with Gasteiger partial charge in [-0.25, -0.2) is 4.98 Å². The molecule has 0 amide bonds. The first kappa shape index (κ1) is 18.9. The van der Waals surface area contributed by atoms with Crippen molar-refractivity contribution in [2.45, 2.75) is 25.2 Å². The van der Waals surface area contributed by atoms with Gasteiger partial charge in [-0.15, -0.1) is 0 Å². The third kappa shape index (κ3) is 3.39. The summed E-state index contributed by atoms with van der Waals surface area (Å²) < 4.78 is 7.59. The fourth-order valence-electron chi connectivity index (χ4n) is 4.49. The van der Waals surface area contributed by atoms with Crippen molar-refractivity contribution in [3.05, 3.63) is 83.0 Å². The molecular weight excluding hydrogens is 396 g/mol. The van der Waals surface area contributed by atoms with E-state index in [1.807, 2.05) is 10.6 Å². The van der Waals surface area contributed by atoms with Crippen LogP contribution in [0.4, 0.5) is 5.69 Å². The largest absolute Gasteiger partial charge is 0.494 e.